The fourth-order valence-electron chi connectivity index (χ4n) is 2.29. The lowest BCUT2D eigenvalue weighted by Crippen LogP contribution is -2.32. The van der Waals surface area contributed by atoms with Gasteiger partial charge >= 0.3 is 0 Å². The summed E-state index contributed by atoms with van der Waals surface area (Å²) in [5.74, 6) is 0. The molecule has 6 heteroatoms. The third-order valence-corrected chi connectivity index (χ3v) is 5.38. The van der Waals surface area contributed by atoms with Gasteiger partial charge in [0, 0.05) is 13.0 Å². The quantitative estimate of drug-likeness (QED) is 0.755. The Hall–Kier alpha value is -2.83. The van der Waals surface area contributed by atoms with Gasteiger partial charge in [0.2, 0.25) is 0 Å². The number of nitrogens with zero attached hydrogens (tertiary/aromatic N) is 3. The number of anilines is 1. The summed E-state index contributed by atoms with van der Waals surface area (Å²) in [6, 6.07) is 17.2. The lowest BCUT2D eigenvalue weighted by molar-refractivity contribution is 0.589. The molecule has 0 fully saturated rings. The Kier molecular flexibility index (Phi) is 5.57. The van der Waals surface area contributed by atoms with E-state index in [0.29, 0.717) is 12.1 Å². The highest BCUT2D eigenvalue weighted by atomic mass is 32.2. The normalized spacial score (nSPS) is 10.6. The zero-order chi connectivity index (χ0) is 17.6. The number of sulfonamides is 1. The van der Waals surface area contributed by atoms with Gasteiger partial charge in [0.1, 0.15) is 6.07 Å². The highest BCUT2D eigenvalue weighted by molar-refractivity contribution is 7.92. The molecule has 0 unspecified atom stereocenters. The lowest BCUT2D eigenvalue weighted by Gasteiger charge is -2.25. The molecule has 2 rings (SSSR count). The van der Waals surface area contributed by atoms with Crippen LogP contribution in [0.25, 0.3) is 0 Å². The molecule has 0 amide bonds. The van der Waals surface area contributed by atoms with Crippen molar-refractivity contribution in [1.29, 1.82) is 10.5 Å². The largest absolute Gasteiger partial charge is 0.265 e. The smallest absolute Gasteiger partial charge is 0.264 e. The molecule has 0 aromatic heterocycles. The van der Waals surface area contributed by atoms with Crippen LogP contribution < -0.4 is 4.31 Å². The number of nitriles is 2. The van der Waals surface area contributed by atoms with Gasteiger partial charge in [-0.05, 0) is 37.6 Å². The third kappa shape index (κ3) is 3.73. The topological polar surface area (TPSA) is 85.0 Å². The number of rotatable bonds is 6. The molecule has 2 aromatic rings. The van der Waals surface area contributed by atoms with Crippen molar-refractivity contribution < 1.29 is 8.42 Å². The summed E-state index contributed by atoms with van der Waals surface area (Å²) in [7, 11) is -3.81. The monoisotopic (exact) mass is 339 g/mol. The van der Waals surface area contributed by atoms with Gasteiger partial charge in [-0.25, -0.2) is 8.42 Å². The minimum Gasteiger partial charge on any atom is -0.265 e. The van der Waals surface area contributed by atoms with Gasteiger partial charge in [0.15, 0.2) is 0 Å². The number of hydrogen-bond acceptors (Lipinski definition) is 4. The Morgan fingerprint density at radius 2 is 1.71 bits per heavy atom. The van der Waals surface area contributed by atoms with E-state index in [-0.39, 0.29) is 23.4 Å². The van der Waals surface area contributed by atoms with Gasteiger partial charge < -0.3 is 0 Å². The molecule has 0 heterocycles. The number of unbranched alkanes of at least 4 members (excludes halogenated alkanes) is 1. The number of para-hydroxylation sites is 1. The van der Waals surface area contributed by atoms with E-state index in [1.807, 2.05) is 19.1 Å². The molecule has 24 heavy (non-hydrogen) atoms. The first-order chi connectivity index (χ1) is 11.5. The van der Waals surface area contributed by atoms with Crippen molar-refractivity contribution in [1.82, 2.24) is 0 Å². The molecule has 122 valence electrons. The first-order valence-electron chi connectivity index (χ1n) is 7.46. The molecular formula is C18H17N3O2S. The predicted octanol–water partition coefficient (Wildman–Crippen LogP) is 3.37. The molecular weight excluding hydrogens is 322 g/mol. The lowest BCUT2D eigenvalue weighted by atomic mass is 10.2. The average Bonchev–Trinajstić information content (AvgIpc) is 2.59. The van der Waals surface area contributed by atoms with Crippen LogP contribution >= 0.6 is 0 Å². The van der Waals surface area contributed by atoms with Crippen molar-refractivity contribution in [3.05, 3.63) is 59.7 Å². The molecule has 0 radical (unpaired) electrons. The van der Waals surface area contributed by atoms with Crippen molar-refractivity contribution in [2.75, 3.05) is 10.8 Å². The Morgan fingerprint density at radius 1 is 1.04 bits per heavy atom. The average molecular weight is 339 g/mol. The highest BCUT2D eigenvalue weighted by Crippen LogP contribution is 2.27. The second-order valence-electron chi connectivity index (χ2n) is 5.28. The molecule has 0 aliphatic carbocycles. The van der Waals surface area contributed by atoms with E-state index < -0.39 is 10.0 Å². The fourth-order valence-corrected chi connectivity index (χ4v) is 3.82. The van der Waals surface area contributed by atoms with Gasteiger partial charge in [-0.3, -0.25) is 4.31 Å². The minimum atomic E-state index is -3.81. The van der Waals surface area contributed by atoms with Crippen LogP contribution in [-0.2, 0) is 10.0 Å². The molecule has 0 spiro atoms. The predicted molar refractivity (Wildman–Crippen MR) is 91.7 cm³/mol. The van der Waals surface area contributed by atoms with Crippen LogP contribution in [0.4, 0.5) is 5.69 Å². The molecule has 0 atom stereocenters. The summed E-state index contributed by atoms with van der Waals surface area (Å²) in [6.45, 7) is 2.02. The van der Waals surface area contributed by atoms with Crippen molar-refractivity contribution in [2.24, 2.45) is 0 Å². The third-order valence-electron chi connectivity index (χ3n) is 3.55. The van der Waals surface area contributed by atoms with Gasteiger partial charge in [0.25, 0.3) is 10.0 Å². The van der Waals surface area contributed by atoms with E-state index in [4.69, 9.17) is 5.26 Å². The summed E-state index contributed by atoms with van der Waals surface area (Å²) < 4.78 is 27.3. The Balaban J connectivity index is 2.51. The number of benzene rings is 2. The van der Waals surface area contributed by atoms with E-state index in [2.05, 4.69) is 0 Å². The first-order valence-corrected chi connectivity index (χ1v) is 8.90. The highest BCUT2D eigenvalue weighted by Gasteiger charge is 2.26. The van der Waals surface area contributed by atoms with Gasteiger partial charge in [-0.2, -0.15) is 10.5 Å². The fraction of sp³-hybridized carbons (Fsp3) is 0.222. The number of aryl methyl sites for hydroxylation is 1. The zero-order valence-corrected chi connectivity index (χ0v) is 14.1. The zero-order valence-electron chi connectivity index (χ0n) is 13.3. The first kappa shape index (κ1) is 17.5. The SMILES string of the molecule is Cc1ccc(S(=O)(=O)N(CCCC#N)c2ccccc2C#N)cc1. The maximum Gasteiger partial charge on any atom is 0.264 e. The summed E-state index contributed by atoms with van der Waals surface area (Å²) in [6.07, 6.45) is 0.635. The summed E-state index contributed by atoms with van der Waals surface area (Å²) in [4.78, 5) is 0.165. The second kappa shape index (κ2) is 7.63. The Bertz CT molecular complexity index is 891. The van der Waals surface area contributed by atoms with Crippen LogP contribution in [0, 0.1) is 29.6 Å². The van der Waals surface area contributed by atoms with Crippen molar-refractivity contribution in [2.45, 2.75) is 24.7 Å². The van der Waals surface area contributed by atoms with Crippen LogP contribution in [0.1, 0.15) is 24.0 Å². The van der Waals surface area contributed by atoms with Crippen LogP contribution in [0.15, 0.2) is 53.4 Å². The minimum absolute atomic E-state index is 0.141. The van der Waals surface area contributed by atoms with Crippen LogP contribution in [-0.4, -0.2) is 15.0 Å². The van der Waals surface area contributed by atoms with Gasteiger partial charge in [-0.15, -0.1) is 0 Å². The Morgan fingerprint density at radius 3 is 2.33 bits per heavy atom. The second-order valence-corrected chi connectivity index (χ2v) is 7.14. The van der Waals surface area contributed by atoms with Crippen LogP contribution in [0.2, 0.25) is 0 Å². The summed E-state index contributed by atoms with van der Waals surface area (Å²) in [5, 5.41) is 18.0. The van der Waals surface area contributed by atoms with Crippen LogP contribution in [0.3, 0.4) is 0 Å². The Labute approximate surface area is 142 Å². The summed E-state index contributed by atoms with van der Waals surface area (Å²) >= 11 is 0. The van der Waals surface area contributed by atoms with Gasteiger partial charge in [-0.1, -0.05) is 29.8 Å². The molecule has 2 aromatic carbocycles. The van der Waals surface area contributed by atoms with Crippen molar-refractivity contribution in [3.8, 4) is 12.1 Å². The van der Waals surface area contributed by atoms with E-state index in [1.165, 1.54) is 4.31 Å². The van der Waals surface area contributed by atoms with E-state index in [9.17, 15) is 13.7 Å². The van der Waals surface area contributed by atoms with Gasteiger partial charge in [0.05, 0.1) is 22.2 Å². The maximum atomic E-state index is 13.0. The molecule has 0 saturated heterocycles. The summed E-state index contributed by atoms with van der Waals surface area (Å²) in [5.41, 5.74) is 1.58. The molecule has 5 nitrogen and oxygen atoms in total. The maximum absolute atomic E-state index is 13.0. The molecule has 0 bridgehead atoms. The van der Waals surface area contributed by atoms with Crippen molar-refractivity contribution in [3.63, 3.8) is 0 Å². The molecule has 0 aliphatic heterocycles. The molecule has 0 aliphatic rings. The van der Waals surface area contributed by atoms with E-state index in [0.717, 1.165) is 5.56 Å². The van der Waals surface area contributed by atoms with Crippen molar-refractivity contribution >= 4 is 15.7 Å². The number of hydrogen-bond donors (Lipinski definition) is 0. The van der Waals surface area contributed by atoms with E-state index >= 15 is 0 Å². The molecule has 0 saturated carbocycles. The standard InChI is InChI=1S/C18H17N3O2S/c1-15-8-10-17(11-9-15)24(22,23)21(13-5-4-12-19)18-7-3-2-6-16(18)14-20/h2-3,6-11H,4-5,13H2,1H3. The van der Waals surface area contributed by atoms with Crippen LogP contribution in [0.5, 0.6) is 0 Å². The van der Waals surface area contributed by atoms with E-state index in [1.54, 1.807) is 48.5 Å². The molecule has 0 N–H and O–H groups in total.